The number of nitrogens with one attached hydrogen (secondary N) is 1. The van der Waals surface area contributed by atoms with Crippen LogP contribution in [0.15, 0.2) is 6.07 Å². The van der Waals surface area contributed by atoms with Gasteiger partial charge in [0.15, 0.2) is 0 Å². The van der Waals surface area contributed by atoms with Crippen molar-refractivity contribution in [1.29, 1.82) is 0 Å². The Balaban J connectivity index is 3.04. The molecule has 114 valence electrons. The molecule has 0 aromatic carbocycles. The predicted octanol–water partition coefficient (Wildman–Crippen LogP) is 0.812. The Morgan fingerprint density at radius 1 is 1.35 bits per heavy atom. The van der Waals surface area contributed by atoms with Crippen LogP contribution in [0.4, 0.5) is 11.6 Å². The van der Waals surface area contributed by atoms with Gasteiger partial charge in [-0.25, -0.2) is 15.8 Å². The summed E-state index contributed by atoms with van der Waals surface area (Å²) < 4.78 is 10.4. The first-order valence-corrected chi connectivity index (χ1v) is 6.75. The highest BCUT2D eigenvalue weighted by molar-refractivity contribution is 5.49. The number of hydrazine groups is 1. The lowest BCUT2D eigenvalue weighted by Gasteiger charge is -2.30. The van der Waals surface area contributed by atoms with E-state index < -0.39 is 0 Å². The third-order valence-electron chi connectivity index (χ3n) is 2.99. The smallest absolute Gasteiger partial charge is 0.145 e. The number of ether oxygens (including phenoxy) is 2. The van der Waals surface area contributed by atoms with Gasteiger partial charge >= 0.3 is 0 Å². The van der Waals surface area contributed by atoms with Crippen LogP contribution in [0.2, 0.25) is 0 Å². The maximum Gasteiger partial charge on any atom is 0.145 e. The molecule has 1 unspecified atom stereocenters. The van der Waals surface area contributed by atoms with Crippen LogP contribution in [0.1, 0.15) is 19.7 Å². The van der Waals surface area contributed by atoms with Crippen molar-refractivity contribution in [2.45, 2.75) is 26.3 Å². The van der Waals surface area contributed by atoms with Crippen molar-refractivity contribution in [2.24, 2.45) is 5.84 Å². The average Bonchev–Trinajstić information content (AvgIpc) is 2.47. The predicted molar refractivity (Wildman–Crippen MR) is 79.8 cm³/mol. The van der Waals surface area contributed by atoms with Gasteiger partial charge < -0.3 is 19.8 Å². The fraction of sp³-hybridized carbons (Fsp3) is 0.692. The normalized spacial score (nSPS) is 12.2. The number of hydrogen-bond acceptors (Lipinski definition) is 7. The zero-order valence-electron chi connectivity index (χ0n) is 12.7. The Kier molecular flexibility index (Phi) is 7.21. The van der Waals surface area contributed by atoms with Crippen molar-refractivity contribution in [3.8, 4) is 0 Å². The summed E-state index contributed by atoms with van der Waals surface area (Å²) in [6.07, 6.45) is 0.749. The van der Waals surface area contributed by atoms with Gasteiger partial charge in [-0.1, -0.05) is 6.92 Å². The lowest BCUT2D eigenvalue weighted by molar-refractivity contribution is 0.170. The molecule has 1 rings (SSSR count). The second kappa shape index (κ2) is 8.68. The molecule has 1 aromatic rings. The number of hydrogen-bond donors (Lipinski definition) is 2. The molecule has 0 aliphatic carbocycles. The molecule has 0 fully saturated rings. The summed E-state index contributed by atoms with van der Waals surface area (Å²) in [4.78, 5) is 11.0. The van der Waals surface area contributed by atoms with E-state index in [-0.39, 0.29) is 6.04 Å². The number of aryl methyl sites for hydroxylation is 1. The third kappa shape index (κ3) is 4.59. The molecule has 0 saturated heterocycles. The van der Waals surface area contributed by atoms with Gasteiger partial charge in [0, 0.05) is 33.3 Å². The van der Waals surface area contributed by atoms with Crippen LogP contribution in [0.3, 0.4) is 0 Å². The molecule has 0 aliphatic heterocycles. The van der Waals surface area contributed by atoms with E-state index in [2.05, 4.69) is 27.2 Å². The molecule has 0 spiro atoms. The van der Waals surface area contributed by atoms with E-state index in [1.807, 2.05) is 13.0 Å². The molecule has 20 heavy (non-hydrogen) atoms. The number of rotatable bonds is 9. The van der Waals surface area contributed by atoms with Crippen LogP contribution < -0.4 is 16.2 Å². The van der Waals surface area contributed by atoms with Crippen molar-refractivity contribution >= 4 is 11.6 Å². The van der Waals surface area contributed by atoms with Crippen molar-refractivity contribution < 1.29 is 9.47 Å². The maximum absolute atomic E-state index is 5.47. The molecular weight excluding hydrogens is 258 g/mol. The highest BCUT2D eigenvalue weighted by atomic mass is 16.5. The number of anilines is 2. The molecule has 0 saturated carbocycles. The molecule has 0 amide bonds. The fourth-order valence-electron chi connectivity index (χ4n) is 1.94. The Morgan fingerprint density at radius 3 is 2.65 bits per heavy atom. The van der Waals surface area contributed by atoms with E-state index in [1.54, 1.807) is 14.2 Å². The van der Waals surface area contributed by atoms with Crippen molar-refractivity contribution in [3.05, 3.63) is 11.9 Å². The average molecular weight is 283 g/mol. The van der Waals surface area contributed by atoms with Gasteiger partial charge in [-0.3, -0.25) is 0 Å². The molecule has 0 aliphatic rings. The van der Waals surface area contributed by atoms with Crippen molar-refractivity contribution in [3.63, 3.8) is 0 Å². The molecule has 1 atom stereocenters. The van der Waals surface area contributed by atoms with Gasteiger partial charge in [0.2, 0.25) is 0 Å². The summed E-state index contributed by atoms with van der Waals surface area (Å²) in [6, 6.07) is 2.02. The SMILES string of the molecule is CCc1nc(NN)cc(N(CCOC)C(C)COC)n1. The Bertz CT molecular complexity index is 380. The topological polar surface area (TPSA) is 85.5 Å². The zero-order valence-corrected chi connectivity index (χ0v) is 12.7. The second-order valence-corrected chi connectivity index (χ2v) is 4.52. The third-order valence-corrected chi connectivity index (χ3v) is 2.99. The Morgan fingerprint density at radius 2 is 2.10 bits per heavy atom. The summed E-state index contributed by atoms with van der Waals surface area (Å²) >= 11 is 0. The van der Waals surface area contributed by atoms with E-state index in [0.29, 0.717) is 19.0 Å². The first kappa shape index (κ1) is 16.6. The van der Waals surface area contributed by atoms with Crippen LogP contribution >= 0.6 is 0 Å². The van der Waals surface area contributed by atoms with Crippen molar-refractivity contribution in [1.82, 2.24) is 9.97 Å². The molecular formula is C13H25N5O2. The molecule has 3 N–H and O–H groups in total. The molecule has 1 aromatic heterocycles. The van der Waals surface area contributed by atoms with E-state index in [4.69, 9.17) is 15.3 Å². The van der Waals surface area contributed by atoms with Gasteiger partial charge in [0.25, 0.3) is 0 Å². The van der Waals surface area contributed by atoms with E-state index in [9.17, 15) is 0 Å². The standard InChI is InChI=1S/C13H25N5O2/c1-5-11-15-12(17-14)8-13(16-11)18(6-7-19-3)10(2)9-20-4/h8,10H,5-7,9,14H2,1-4H3,(H,15,16,17). The molecule has 7 heteroatoms. The Labute approximate surface area is 120 Å². The Hall–Kier alpha value is -1.44. The van der Waals surface area contributed by atoms with Crippen LogP contribution in [0.5, 0.6) is 0 Å². The van der Waals surface area contributed by atoms with Gasteiger partial charge in [-0.05, 0) is 6.92 Å². The second-order valence-electron chi connectivity index (χ2n) is 4.52. The molecule has 1 heterocycles. The number of nitrogens with two attached hydrogens (primary N) is 1. The number of nitrogen functional groups attached to an aromatic ring is 1. The van der Waals surface area contributed by atoms with Crippen LogP contribution in [0.25, 0.3) is 0 Å². The highest BCUT2D eigenvalue weighted by Gasteiger charge is 2.17. The quantitative estimate of drug-likeness (QED) is 0.512. The van der Waals surface area contributed by atoms with Gasteiger partial charge in [-0.15, -0.1) is 0 Å². The first-order chi connectivity index (χ1) is 9.65. The zero-order chi connectivity index (χ0) is 15.0. The summed E-state index contributed by atoms with van der Waals surface area (Å²) in [5.74, 6) is 7.66. The van der Waals surface area contributed by atoms with Crippen LogP contribution in [0, 0.1) is 0 Å². The molecule has 7 nitrogen and oxygen atoms in total. The van der Waals surface area contributed by atoms with Gasteiger partial charge in [0.05, 0.1) is 19.3 Å². The summed E-state index contributed by atoms with van der Waals surface area (Å²) in [5, 5.41) is 0. The van der Waals surface area contributed by atoms with Crippen LogP contribution in [-0.2, 0) is 15.9 Å². The van der Waals surface area contributed by atoms with E-state index >= 15 is 0 Å². The summed E-state index contributed by atoms with van der Waals surface area (Å²) in [6.45, 7) is 6.05. The van der Waals surface area contributed by atoms with Crippen LogP contribution in [-0.4, -0.2) is 50.0 Å². The van der Waals surface area contributed by atoms with Gasteiger partial charge in [-0.2, -0.15) is 0 Å². The molecule has 0 radical (unpaired) electrons. The minimum atomic E-state index is 0.181. The minimum absolute atomic E-state index is 0.181. The monoisotopic (exact) mass is 283 g/mol. The number of methoxy groups -OCH3 is 2. The lowest BCUT2D eigenvalue weighted by Crippen LogP contribution is -2.39. The summed E-state index contributed by atoms with van der Waals surface area (Å²) in [7, 11) is 3.37. The highest BCUT2D eigenvalue weighted by Crippen LogP contribution is 2.18. The largest absolute Gasteiger partial charge is 0.383 e. The van der Waals surface area contributed by atoms with Gasteiger partial charge in [0.1, 0.15) is 17.5 Å². The molecule has 0 bridgehead atoms. The summed E-state index contributed by atoms with van der Waals surface area (Å²) in [5.41, 5.74) is 2.58. The van der Waals surface area contributed by atoms with E-state index in [1.165, 1.54) is 0 Å². The van der Waals surface area contributed by atoms with E-state index in [0.717, 1.165) is 24.6 Å². The number of nitrogens with zero attached hydrogens (tertiary/aromatic N) is 3. The fourth-order valence-corrected chi connectivity index (χ4v) is 1.94. The first-order valence-electron chi connectivity index (χ1n) is 6.75. The van der Waals surface area contributed by atoms with Crippen molar-refractivity contribution in [2.75, 3.05) is 44.3 Å². The minimum Gasteiger partial charge on any atom is -0.383 e. The number of aromatic nitrogens is 2. The maximum atomic E-state index is 5.47. The lowest BCUT2D eigenvalue weighted by atomic mass is 10.3.